The van der Waals surface area contributed by atoms with Gasteiger partial charge in [0.2, 0.25) is 10.0 Å². The van der Waals surface area contributed by atoms with Gasteiger partial charge >= 0.3 is 0 Å². The molecule has 1 saturated heterocycles. The third-order valence-corrected chi connectivity index (χ3v) is 7.60. The van der Waals surface area contributed by atoms with Crippen molar-refractivity contribution in [1.29, 1.82) is 0 Å². The number of nitrogens with one attached hydrogen (secondary N) is 3. The van der Waals surface area contributed by atoms with Crippen LogP contribution in [0.25, 0.3) is 10.9 Å². The zero-order valence-corrected chi connectivity index (χ0v) is 20.3. The Hall–Kier alpha value is -2.40. The summed E-state index contributed by atoms with van der Waals surface area (Å²) in [4.78, 5) is 14.0. The van der Waals surface area contributed by atoms with Gasteiger partial charge in [-0.05, 0) is 56.1 Å². The molecule has 9 nitrogen and oxygen atoms in total. The number of rotatable bonds is 10. The van der Waals surface area contributed by atoms with Crippen molar-refractivity contribution in [2.75, 3.05) is 39.1 Å². The number of aromatic amines is 1. The van der Waals surface area contributed by atoms with Gasteiger partial charge in [-0.15, -0.1) is 0 Å². The van der Waals surface area contributed by atoms with Gasteiger partial charge in [0, 0.05) is 36.2 Å². The van der Waals surface area contributed by atoms with E-state index < -0.39 is 10.0 Å². The molecule has 0 saturated carbocycles. The van der Waals surface area contributed by atoms with Crippen LogP contribution in [0, 0.1) is 0 Å². The fourth-order valence-electron chi connectivity index (χ4n) is 4.29. The predicted molar refractivity (Wildman–Crippen MR) is 130 cm³/mol. The van der Waals surface area contributed by atoms with E-state index in [9.17, 15) is 8.42 Å². The van der Waals surface area contributed by atoms with Crippen LogP contribution in [-0.4, -0.2) is 68.1 Å². The second kappa shape index (κ2) is 10.3. The minimum atomic E-state index is -3.30. The van der Waals surface area contributed by atoms with E-state index in [1.807, 2.05) is 24.4 Å². The van der Waals surface area contributed by atoms with E-state index in [1.165, 1.54) is 18.9 Å². The van der Waals surface area contributed by atoms with Crippen LogP contribution in [0.2, 0.25) is 5.15 Å². The first-order chi connectivity index (χ1) is 15.9. The quantitative estimate of drug-likeness (QED) is 0.373. The van der Waals surface area contributed by atoms with E-state index in [0.29, 0.717) is 16.7 Å². The summed E-state index contributed by atoms with van der Waals surface area (Å²) in [6, 6.07) is 6.06. The molecule has 0 spiro atoms. The number of methoxy groups -OCH3 is 1. The third-order valence-electron chi connectivity index (χ3n) is 6.00. The average Bonchev–Trinajstić information content (AvgIpc) is 3.40. The van der Waals surface area contributed by atoms with E-state index in [-0.39, 0.29) is 11.8 Å². The van der Waals surface area contributed by atoms with Gasteiger partial charge in [-0.2, -0.15) is 0 Å². The number of hydrogen-bond donors (Lipinski definition) is 3. The molecule has 0 bridgehead atoms. The van der Waals surface area contributed by atoms with Crippen LogP contribution in [-0.2, 0) is 22.2 Å². The normalized spacial score (nSPS) is 17.0. The molecular formula is C22H29ClN6O3S. The highest BCUT2D eigenvalue weighted by Crippen LogP contribution is 2.30. The molecule has 1 aliphatic heterocycles. The predicted octanol–water partition coefficient (Wildman–Crippen LogP) is 2.79. The van der Waals surface area contributed by atoms with Crippen molar-refractivity contribution in [3.05, 3.63) is 47.0 Å². The Kier molecular flexibility index (Phi) is 7.38. The lowest BCUT2D eigenvalue weighted by atomic mass is 10.1. The molecule has 1 aromatic carbocycles. The lowest BCUT2D eigenvalue weighted by Crippen LogP contribution is -2.27. The maximum absolute atomic E-state index is 11.9. The van der Waals surface area contributed by atoms with Crippen LogP contribution >= 0.6 is 11.6 Å². The monoisotopic (exact) mass is 492 g/mol. The van der Waals surface area contributed by atoms with Crippen LogP contribution in [0.1, 0.15) is 24.0 Å². The summed E-state index contributed by atoms with van der Waals surface area (Å²) in [6.45, 7) is 2.92. The van der Waals surface area contributed by atoms with Gasteiger partial charge in [-0.3, -0.25) is 0 Å². The molecule has 1 atom stereocenters. The summed E-state index contributed by atoms with van der Waals surface area (Å²) in [6.07, 6.45) is 6.41. The minimum absolute atomic E-state index is 0.0193. The first kappa shape index (κ1) is 23.7. The van der Waals surface area contributed by atoms with Crippen LogP contribution in [0.3, 0.4) is 0 Å². The molecule has 1 aliphatic rings. The van der Waals surface area contributed by atoms with Gasteiger partial charge in [0.25, 0.3) is 0 Å². The summed E-state index contributed by atoms with van der Waals surface area (Å²) >= 11 is 6.09. The van der Waals surface area contributed by atoms with Gasteiger partial charge in [-0.25, -0.2) is 23.1 Å². The van der Waals surface area contributed by atoms with Crippen molar-refractivity contribution < 1.29 is 13.2 Å². The van der Waals surface area contributed by atoms with Crippen LogP contribution < -0.4 is 14.8 Å². The highest BCUT2D eigenvalue weighted by molar-refractivity contribution is 7.88. The second-order valence-corrected chi connectivity index (χ2v) is 10.5. The van der Waals surface area contributed by atoms with Gasteiger partial charge in [0.05, 0.1) is 12.9 Å². The number of halogens is 1. The Labute approximate surface area is 198 Å². The summed E-state index contributed by atoms with van der Waals surface area (Å²) in [7, 11) is -0.299. The molecule has 3 N–H and O–H groups in total. The number of benzene rings is 1. The first-order valence-corrected chi connectivity index (χ1v) is 12.9. The Balaban J connectivity index is 1.31. The Morgan fingerprint density at radius 1 is 1.33 bits per heavy atom. The molecule has 3 heterocycles. The topological polar surface area (TPSA) is 112 Å². The van der Waals surface area contributed by atoms with Crippen molar-refractivity contribution in [3.63, 3.8) is 0 Å². The number of aromatic nitrogens is 3. The number of hydrogen-bond acceptors (Lipinski definition) is 7. The summed E-state index contributed by atoms with van der Waals surface area (Å²) in [5.74, 6) is 1.08. The van der Waals surface area contributed by atoms with E-state index in [1.54, 1.807) is 7.11 Å². The number of ether oxygens (including phenoxy) is 1. The summed E-state index contributed by atoms with van der Waals surface area (Å²) in [5.41, 5.74) is 3.02. The van der Waals surface area contributed by atoms with Crippen molar-refractivity contribution in [1.82, 2.24) is 24.6 Å². The molecule has 3 aromatic rings. The third kappa shape index (κ3) is 5.75. The van der Waals surface area contributed by atoms with E-state index >= 15 is 0 Å². The highest BCUT2D eigenvalue weighted by atomic mass is 35.5. The molecule has 11 heteroatoms. The Bertz CT molecular complexity index is 1220. The second-order valence-electron chi connectivity index (χ2n) is 8.24. The number of fused-ring (bicyclic) bond motifs is 1. The highest BCUT2D eigenvalue weighted by Gasteiger charge is 2.24. The molecule has 178 valence electrons. The van der Waals surface area contributed by atoms with E-state index in [2.05, 4.69) is 29.9 Å². The van der Waals surface area contributed by atoms with Crippen molar-refractivity contribution in [2.24, 2.45) is 0 Å². The molecule has 1 unspecified atom stereocenters. The molecular weight excluding hydrogens is 464 g/mol. The van der Waals surface area contributed by atoms with Crippen LogP contribution in [0.15, 0.2) is 30.7 Å². The number of aryl methyl sites for hydroxylation is 1. The summed E-state index contributed by atoms with van der Waals surface area (Å²) in [5, 5.41) is 4.82. The number of H-pyrrole nitrogens is 1. The zero-order chi connectivity index (χ0) is 23.4. The number of sulfonamides is 1. The molecule has 1 fully saturated rings. The maximum atomic E-state index is 11.9. The first-order valence-electron chi connectivity index (χ1n) is 10.9. The van der Waals surface area contributed by atoms with Crippen molar-refractivity contribution in [2.45, 2.75) is 31.1 Å². The van der Waals surface area contributed by atoms with Gasteiger partial charge in [-0.1, -0.05) is 17.7 Å². The SMILES string of the molecule is CNS(=O)(=O)Cc1ccc2[nH]cc(CCCN3CCC(Nc4ncnc(Cl)c4OC)C3)c2c1. The fourth-order valence-corrected chi connectivity index (χ4v) is 5.26. The van der Waals surface area contributed by atoms with Crippen LogP contribution in [0.4, 0.5) is 5.82 Å². The van der Waals surface area contributed by atoms with Crippen molar-refractivity contribution in [3.8, 4) is 5.75 Å². The number of nitrogens with zero attached hydrogens (tertiary/aromatic N) is 3. The van der Waals surface area contributed by atoms with Gasteiger partial charge in [0.15, 0.2) is 16.7 Å². The Morgan fingerprint density at radius 3 is 2.97 bits per heavy atom. The standard InChI is InChI=1S/C22H29ClN6O3S/c1-24-33(30,31)13-15-5-6-19-18(10-15)16(11-25-19)4-3-8-29-9-7-17(12-29)28-22-20(32-2)21(23)26-14-27-22/h5-6,10-11,14,17,24-25H,3-4,7-9,12-13H2,1-2H3,(H,26,27,28). The van der Waals surface area contributed by atoms with Gasteiger partial charge in [0.1, 0.15) is 6.33 Å². The molecule has 0 radical (unpaired) electrons. The minimum Gasteiger partial charge on any atom is -0.490 e. The average molecular weight is 493 g/mol. The number of likely N-dealkylation sites (tertiary alicyclic amines) is 1. The molecule has 0 aliphatic carbocycles. The zero-order valence-electron chi connectivity index (χ0n) is 18.8. The largest absolute Gasteiger partial charge is 0.490 e. The van der Waals surface area contributed by atoms with E-state index in [0.717, 1.165) is 55.4 Å². The van der Waals surface area contributed by atoms with Crippen LogP contribution in [0.5, 0.6) is 5.75 Å². The lowest BCUT2D eigenvalue weighted by molar-refractivity contribution is 0.331. The maximum Gasteiger partial charge on any atom is 0.215 e. The van der Waals surface area contributed by atoms with Gasteiger partial charge < -0.3 is 19.9 Å². The molecule has 33 heavy (non-hydrogen) atoms. The lowest BCUT2D eigenvalue weighted by Gasteiger charge is -2.18. The Morgan fingerprint density at radius 2 is 2.18 bits per heavy atom. The molecule has 0 amide bonds. The summed E-state index contributed by atoms with van der Waals surface area (Å²) < 4.78 is 31.5. The van der Waals surface area contributed by atoms with E-state index in [4.69, 9.17) is 16.3 Å². The smallest absolute Gasteiger partial charge is 0.215 e. The molecule has 2 aromatic heterocycles. The van der Waals surface area contributed by atoms with Crippen molar-refractivity contribution >= 4 is 38.3 Å². The fraction of sp³-hybridized carbons (Fsp3) is 0.455. The number of anilines is 1. The molecule has 4 rings (SSSR count).